The molecule has 2 rings (SSSR count). The van der Waals surface area contributed by atoms with Crippen LogP contribution in [-0.2, 0) is 0 Å². The van der Waals surface area contributed by atoms with Crippen LogP contribution in [0.4, 0.5) is 0 Å². The van der Waals surface area contributed by atoms with Gasteiger partial charge in [0.25, 0.3) is 0 Å². The average molecular weight is 279 g/mol. The first-order chi connectivity index (χ1) is 9.10. The molecule has 0 heterocycles. The Balaban J connectivity index is 2.15. The van der Waals surface area contributed by atoms with E-state index in [-0.39, 0.29) is 6.10 Å². The molecule has 0 bridgehead atoms. The molecule has 0 unspecified atom stereocenters. The molecule has 1 aliphatic carbocycles. The number of hydrogen-bond donors (Lipinski definition) is 1. The first-order valence-electron chi connectivity index (χ1n) is 6.74. The average Bonchev–Trinajstić information content (AvgIpc) is 2.41. The summed E-state index contributed by atoms with van der Waals surface area (Å²) in [6.07, 6.45) is 4.88. The molecule has 1 fully saturated rings. The fraction of sp³-hybridized carbons (Fsp3) is 0.533. The lowest BCUT2D eigenvalue weighted by Gasteiger charge is -2.27. The summed E-state index contributed by atoms with van der Waals surface area (Å²) in [5.74, 6) is 2.31. The molecule has 1 aliphatic rings. The van der Waals surface area contributed by atoms with Crippen molar-refractivity contribution in [3.8, 4) is 11.5 Å². The SMILES string of the molecule is COc1ccc(C(N)=S)c(OC2CCC(C)CC2)c1. The first kappa shape index (κ1) is 14.1. The van der Waals surface area contributed by atoms with E-state index in [9.17, 15) is 0 Å². The Labute approximate surface area is 120 Å². The van der Waals surface area contributed by atoms with E-state index in [2.05, 4.69) is 6.92 Å². The normalized spacial score (nSPS) is 22.8. The molecule has 1 saturated carbocycles. The van der Waals surface area contributed by atoms with Crippen LogP contribution in [0.25, 0.3) is 0 Å². The predicted molar refractivity (Wildman–Crippen MR) is 80.9 cm³/mol. The van der Waals surface area contributed by atoms with Crippen LogP contribution in [0.3, 0.4) is 0 Å². The monoisotopic (exact) mass is 279 g/mol. The molecular weight excluding hydrogens is 258 g/mol. The van der Waals surface area contributed by atoms with E-state index >= 15 is 0 Å². The van der Waals surface area contributed by atoms with Crippen LogP contribution in [0.5, 0.6) is 11.5 Å². The van der Waals surface area contributed by atoms with Gasteiger partial charge < -0.3 is 15.2 Å². The fourth-order valence-corrected chi connectivity index (χ4v) is 2.63. The van der Waals surface area contributed by atoms with E-state index < -0.39 is 0 Å². The second kappa shape index (κ2) is 6.24. The van der Waals surface area contributed by atoms with Crippen molar-refractivity contribution in [1.29, 1.82) is 0 Å². The van der Waals surface area contributed by atoms with E-state index in [1.54, 1.807) is 7.11 Å². The van der Waals surface area contributed by atoms with Gasteiger partial charge in [-0.15, -0.1) is 0 Å². The summed E-state index contributed by atoms with van der Waals surface area (Å²) in [7, 11) is 1.64. The fourth-order valence-electron chi connectivity index (χ4n) is 2.46. The molecule has 3 nitrogen and oxygen atoms in total. The summed E-state index contributed by atoms with van der Waals surface area (Å²) >= 11 is 5.07. The molecule has 0 spiro atoms. The quantitative estimate of drug-likeness (QED) is 0.859. The van der Waals surface area contributed by atoms with Crippen LogP contribution in [0.1, 0.15) is 38.2 Å². The van der Waals surface area contributed by atoms with Crippen molar-refractivity contribution >= 4 is 17.2 Å². The van der Waals surface area contributed by atoms with Crippen LogP contribution in [0.15, 0.2) is 18.2 Å². The highest BCUT2D eigenvalue weighted by Gasteiger charge is 2.21. The Hall–Kier alpha value is -1.29. The highest BCUT2D eigenvalue weighted by atomic mass is 32.1. The summed E-state index contributed by atoms with van der Waals surface area (Å²) in [5, 5.41) is 0. The summed E-state index contributed by atoms with van der Waals surface area (Å²) in [6.45, 7) is 2.29. The molecule has 2 N–H and O–H groups in total. The maximum Gasteiger partial charge on any atom is 0.133 e. The number of methoxy groups -OCH3 is 1. The van der Waals surface area contributed by atoms with Gasteiger partial charge in [0.05, 0.1) is 18.8 Å². The number of benzene rings is 1. The minimum atomic E-state index is 0.261. The van der Waals surface area contributed by atoms with Crippen molar-refractivity contribution in [1.82, 2.24) is 0 Å². The van der Waals surface area contributed by atoms with Crippen LogP contribution < -0.4 is 15.2 Å². The van der Waals surface area contributed by atoms with Crippen molar-refractivity contribution < 1.29 is 9.47 Å². The van der Waals surface area contributed by atoms with Gasteiger partial charge in [0.1, 0.15) is 16.5 Å². The van der Waals surface area contributed by atoms with Gasteiger partial charge in [-0.05, 0) is 43.7 Å². The van der Waals surface area contributed by atoms with E-state index in [0.29, 0.717) is 4.99 Å². The van der Waals surface area contributed by atoms with Gasteiger partial charge in [-0.1, -0.05) is 19.1 Å². The summed E-state index contributed by atoms with van der Waals surface area (Å²) in [6, 6.07) is 5.58. The zero-order valence-electron chi connectivity index (χ0n) is 11.5. The molecule has 0 aliphatic heterocycles. The van der Waals surface area contributed by atoms with Crippen LogP contribution in [0, 0.1) is 5.92 Å². The molecule has 0 radical (unpaired) electrons. The Morgan fingerprint density at radius 2 is 1.95 bits per heavy atom. The molecule has 0 saturated heterocycles. The highest BCUT2D eigenvalue weighted by Crippen LogP contribution is 2.31. The number of rotatable bonds is 4. The smallest absolute Gasteiger partial charge is 0.133 e. The van der Waals surface area contributed by atoms with Gasteiger partial charge in [-0.2, -0.15) is 0 Å². The summed E-state index contributed by atoms with van der Waals surface area (Å²) < 4.78 is 11.3. The summed E-state index contributed by atoms with van der Waals surface area (Å²) in [4.78, 5) is 0.363. The lowest BCUT2D eigenvalue weighted by atomic mass is 9.89. The number of nitrogens with two attached hydrogens (primary N) is 1. The zero-order valence-corrected chi connectivity index (χ0v) is 12.3. The summed E-state index contributed by atoms with van der Waals surface area (Å²) in [5.41, 5.74) is 6.53. The molecular formula is C15H21NO2S. The van der Waals surface area contributed by atoms with Crippen LogP contribution in [-0.4, -0.2) is 18.2 Å². The third kappa shape index (κ3) is 3.60. The molecule has 0 amide bonds. The van der Waals surface area contributed by atoms with E-state index in [1.165, 1.54) is 12.8 Å². The predicted octanol–water partition coefficient (Wildman–Crippen LogP) is 3.29. The van der Waals surface area contributed by atoms with Crippen LogP contribution in [0.2, 0.25) is 0 Å². The first-order valence-corrected chi connectivity index (χ1v) is 7.15. The van der Waals surface area contributed by atoms with Gasteiger partial charge in [-0.25, -0.2) is 0 Å². The molecule has 1 aromatic rings. The van der Waals surface area contributed by atoms with Gasteiger partial charge in [0, 0.05) is 6.07 Å². The minimum absolute atomic E-state index is 0.261. The molecule has 0 atom stereocenters. The van der Waals surface area contributed by atoms with Gasteiger partial charge in [0.15, 0.2) is 0 Å². The number of hydrogen-bond acceptors (Lipinski definition) is 3. The van der Waals surface area contributed by atoms with Gasteiger partial charge in [0.2, 0.25) is 0 Å². The third-order valence-electron chi connectivity index (χ3n) is 3.71. The van der Waals surface area contributed by atoms with Crippen molar-refractivity contribution in [2.75, 3.05) is 7.11 Å². The molecule has 104 valence electrons. The number of thiocarbonyl (C=S) groups is 1. The Morgan fingerprint density at radius 3 is 2.53 bits per heavy atom. The lowest BCUT2D eigenvalue weighted by molar-refractivity contribution is 0.135. The lowest BCUT2D eigenvalue weighted by Crippen LogP contribution is -2.24. The van der Waals surface area contributed by atoms with E-state index in [1.807, 2.05) is 18.2 Å². The second-order valence-corrected chi connectivity index (χ2v) is 5.67. The van der Waals surface area contributed by atoms with Crippen molar-refractivity contribution in [2.45, 2.75) is 38.7 Å². The van der Waals surface area contributed by atoms with E-state index in [0.717, 1.165) is 35.8 Å². The van der Waals surface area contributed by atoms with Crippen LogP contribution >= 0.6 is 12.2 Å². The number of ether oxygens (including phenoxy) is 2. The Morgan fingerprint density at radius 1 is 1.26 bits per heavy atom. The molecule has 0 aromatic heterocycles. The third-order valence-corrected chi connectivity index (χ3v) is 3.93. The topological polar surface area (TPSA) is 44.5 Å². The molecule has 1 aromatic carbocycles. The van der Waals surface area contributed by atoms with Crippen molar-refractivity contribution in [2.24, 2.45) is 11.7 Å². The largest absolute Gasteiger partial charge is 0.497 e. The standard InChI is InChI=1S/C15H21NO2S/c1-10-3-5-11(6-4-10)18-14-9-12(17-2)7-8-13(14)15(16)19/h7-11H,3-6H2,1-2H3,(H2,16,19). The Bertz CT molecular complexity index is 453. The minimum Gasteiger partial charge on any atom is -0.497 e. The molecule has 19 heavy (non-hydrogen) atoms. The van der Waals surface area contributed by atoms with Gasteiger partial charge >= 0.3 is 0 Å². The second-order valence-electron chi connectivity index (χ2n) is 5.23. The van der Waals surface area contributed by atoms with Crippen molar-refractivity contribution in [3.63, 3.8) is 0 Å². The zero-order chi connectivity index (χ0) is 13.8. The Kier molecular flexibility index (Phi) is 4.64. The molecule has 4 heteroatoms. The van der Waals surface area contributed by atoms with Gasteiger partial charge in [-0.3, -0.25) is 0 Å². The van der Waals surface area contributed by atoms with Crippen molar-refractivity contribution in [3.05, 3.63) is 23.8 Å². The highest BCUT2D eigenvalue weighted by molar-refractivity contribution is 7.80. The maximum atomic E-state index is 6.09. The van der Waals surface area contributed by atoms with E-state index in [4.69, 9.17) is 27.4 Å². The maximum absolute atomic E-state index is 6.09.